The van der Waals surface area contributed by atoms with E-state index in [4.69, 9.17) is 0 Å². The highest BCUT2D eigenvalue weighted by atomic mass is 35.5. The summed E-state index contributed by atoms with van der Waals surface area (Å²) in [6, 6.07) is 6.05. The van der Waals surface area contributed by atoms with Gasteiger partial charge in [-0.2, -0.15) is 0 Å². The summed E-state index contributed by atoms with van der Waals surface area (Å²) in [4.78, 5) is 6.95. The van der Waals surface area contributed by atoms with E-state index in [1.165, 1.54) is 0 Å². The average Bonchev–Trinajstić information content (AvgIpc) is 2.33. The van der Waals surface area contributed by atoms with Gasteiger partial charge < -0.3 is 4.98 Å². The van der Waals surface area contributed by atoms with Gasteiger partial charge in [0.05, 0.1) is 6.33 Å². The number of nitrogens with one attached hydrogen (secondary N) is 1. The Morgan fingerprint density at radius 3 is 2.73 bits per heavy atom. The number of rotatable bonds is 0. The molecule has 1 aliphatic carbocycles. The van der Waals surface area contributed by atoms with Crippen LogP contribution in [0, 0.1) is 0 Å². The fraction of sp³-hybridized carbons (Fsp3) is 0. The molecule has 0 saturated heterocycles. The number of halogens is 2. The van der Waals surface area contributed by atoms with Gasteiger partial charge in [-0.25, -0.2) is 4.98 Å². The second kappa shape index (κ2) is 4.21. The summed E-state index contributed by atoms with van der Waals surface area (Å²) in [5, 5.41) is 0. The molecular formula is C7H8Cl2N2. The minimum absolute atomic E-state index is 0. The molecule has 2 rings (SSSR count). The zero-order valence-corrected chi connectivity index (χ0v) is 7.28. The van der Waals surface area contributed by atoms with Crippen LogP contribution in [0.5, 0.6) is 0 Å². The van der Waals surface area contributed by atoms with Crippen LogP contribution >= 0.6 is 24.8 Å². The van der Waals surface area contributed by atoms with Crippen molar-refractivity contribution in [2.45, 2.75) is 0 Å². The number of hydrogen-bond acceptors (Lipinski definition) is 1. The van der Waals surface area contributed by atoms with Crippen molar-refractivity contribution in [2.75, 3.05) is 0 Å². The largest absolute Gasteiger partial charge is 0.346 e. The van der Waals surface area contributed by atoms with Crippen LogP contribution in [0.1, 0.15) is 0 Å². The van der Waals surface area contributed by atoms with Crippen LogP contribution in [0.15, 0.2) is 30.7 Å². The van der Waals surface area contributed by atoms with Gasteiger partial charge in [-0.3, -0.25) is 0 Å². The number of fused-ring (bicyclic) bond motifs is 1. The molecule has 0 unspecified atom stereocenters. The molecule has 60 valence electrons. The third-order valence-electron chi connectivity index (χ3n) is 1.36. The van der Waals surface area contributed by atoms with Crippen molar-refractivity contribution < 1.29 is 0 Å². The Morgan fingerprint density at radius 2 is 2.00 bits per heavy atom. The van der Waals surface area contributed by atoms with Crippen LogP contribution < -0.4 is 0 Å². The van der Waals surface area contributed by atoms with Crippen molar-refractivity contribution in [3.05, 3.63) is 30.7 Å². The van der Waals surface area contributed by atoms with Crippen LogP contribution in [0.2, 0.25) is 0 Å². The average molecular weight is 191 g/mol. The highest BCUT2D eigenvalue weighted by molar-refractivity contribution is 5.85. The Kier molecular flexibility index (Phi) is 3.93. The van der Waals surface area contributed by atoms with Crippen LogP contribution in [0.4, 0.5) is 0 Å². The van der Waals surface area contributed by atoms with E-state index in [9.17, 15) is 0 Å². The van der Waals surface area contributed by atoms with E-state index in [-0.39, 0.29) is 24.8 Å². The lowest BCUT2D eigenvalue weighted by Gasteiger charge is -1.93. The van der Waals surface area contributed by atoms with Gasteiger partial charge >= 0.3 is 0 Å². The predicted octanol–water partition coefficient (Wildman–Crippen LogP) is 2.36. The van der Waals surface area contributed by atoms with Gasteiger partial charge in [-0.1, -0.05) is 12.1 Å². The summed E-state index contributed by atoms with van der Waals surface area (Å²) in [7, 11) is 0. The van der Waals surface area contributed by atoms with E-state index >= 15 is 0 Å². The van der Waals surface area contributed by atoms with Gasteiger partial charge in [0.25, 0.3) is 0 Å². The molecule has 0 bridgehead atoms. The fourth-order valence-corrected chi connectivity index (χ4v) is 0.902. The predicted molar refractivity (Wildman–Crippen MR) is 49.7 cm³/mol. The summed E-state index contributed by atoms with van der Waals surface area (Å²) >= 11 is 0. The van der Waals surface area contributed by atoms with Crippen molar-refractivity contribution >= 4 is 24.8 Å². The van der Waals surface area contributed by atoms with Crippen molar-refractivity contribution in [1.29, 1.82) is 0 Å². The monoisotopic (exact) mass is 190 g/mol. The Hall–Kier alpha value is -0.730. The van der Waals surface area contributed by atoms with E-state index in [0.29, 0.717) is 0 Å². The Labute approximate surface area is 77.2 Å². The van der Waals surface area contributed by atoms with Crippen molar-refractivity contribution in [2.24, 2.45) is 0 Å². The Morgan fingerprint density at radius 1 is 1.18 bits per heavy atom. The van der Waals surface area contributed by atoms with Gasteiger partial charge in [0.15, 0.2) is 0 Å². The number of hydrogen-bond donors (Lipinski definition) is 1. The minimum Gasteiger partial charge on any atom is -0.346 e. The number of nitrogens with zero attached hydrogens (tertiary/aromatic N) is 1. The maximum absolute atomic E-state index is 3.93. The molecule has 0 aromatic heterocycles. The molecule has 0 fully saturated rings. The number of aromatic nitrogens is 2. The van der Waals surface area contributed by atoms with Crippen molar-refractivity contribution in [1.82, 2.24) is 9.97 Å². The second-order valence-electron chi connectivity index (χ2n) is 1.95. The lowest BCUT2D eigenvalue weighted by atomic mass is 10.3. The third kappa shape index (κ3) is 1.85. The standard InChI is InChI=1S/C7H6N2.2ClH/c1-2-6-4-8-5-9-7(6)3-1;;/h1-5H,(H,8,9);2*1H. The van der Waals surface area contributed by atoms with E-state index in [1.807, 2.05) is 24.4 Å². The molecule has 0 atom stereocenters. The highest BCUT2D eigenvalue weighted by Gasteiger charge is 1.96. The molecule has 0 spiro atoms. The summed E-state index contributed by atoms with van der Waals surface area (Å²) < 4.78 is 0. The summed E-state index contributed by atoms with van der Waals surface area (Å²) in [6.07, 6.45) is 3.52. The third-order valence-corrected chi connectivity index (χ3v) is 1.36. The second-order valence-corrected chi connectivity index (χ2v) is 1.95. The molecule has 0 saturated carbocycles. The molecule has 0 aromatic carbocycles. The highest BCUT2D eigenvalue weighted by Crippen LogP contribution is 2.16. The molecule has 2 nitrogen and oxygen atoms in total. The van der Waals surface area contributed by atoms with E-state index in [1.54, 1.807) is 6.33 Å². The quantitative estimate of drug-likeness (QED) is 0.680. The minimum atomic E-state index is 0. The molecule has 4 heteroatoms. The van der Waals surface area contributed by atoms with Gasteiger partial charge in [-0.15, -0.1) is 24.8 Å². The van der Waals surface area contributed by atoms with Gasteiger partial charge in [-0.05, 0) is 6.07 Å². The molecule has 1 aliphatic heterocycles. The first-order valence-corrected chi connectivity index (χ1v) is 2.84. The summed E-state index contributed by atoms with van der Waals surface area (Å²) in [5.41, 5.74) is 2.31. The Balaban J connectivity index is 0.000000500. The maximum atomic E-state index is 3.93. The molecule has 0 aromatic rings. The van der Waals surface area contributed by atoms with E-state index < -0.39 is 0 Å². The number of aromatic amines is 1. The molecule has 11 heavy (non-hydrogen) atoms. The summed E-state index contributed by atoms with van der Waals surface area (Å²) in [5.74, 6) is 0. The lowest BCUT2D eigenvalue weighted by Crippen LogP contribution is -1.79. The first-order valence-electron chi connectivity index (χ1n) is 2.84. The topological polar surface area (TPSA) is 28.7 Å². The SMILES string of the molecule is Cl.Cl.c1cc2cnc[nH]c-2c1. The molecule has 0 radical (unpaired) electrons. The zero-order chi connectivity index (χ0) is 6.10. The normalized spacial score (nSPS) is 8.36. The summed E-state index contributed by atoms with van der Waals surface area (Å²) in [6.45, 7) is 0. The first kappa shape index (κ1) is 10.3. The lowest BCUT2D eigenvalue weighted by molar-refractivity contribution is 1.18. The van der Waals surface area contributed by atoms with Crippen molar-refractivity contribution in [3.63, 3.8) is 0 Å². The van der Waals surface area contributed by atoms with E-state index in [0.717, 1.165) is 11.3 Å². The molecule has 0 amide bonds. The van der Waals surface area contributed by atoms with Crippen LogP contribution in [0.25, 0.3) is 11.3 Å². The van der Waals surface area contributed by atoms with E-state index in [2.05, 4.69) is 9.97 Å². The molecule has 2 aliphatic rings. The van der Waals surface area contributed by atoms with Crippen LogP contribution in [-0.4, -0.2) is 9.97 Å². The van der Waals surface area contributed by atoms with Crippen molar-refractivity contribution in [3.8, 4) is 11.3 Å². The fourth-order valence-electron chi connectivity index (χ4n) is 0.902. The zero-order valence-electron chi connectivity index (χ0n) is 5.65. The van der Waals surface area contributed by atoms with Gasteiger partial charge in [0, 0.05) is 17.5 Å². The Bertz CT molecular complexity index is 255. The number of H-pyrrole nitrogens is 1. The first-order chi connectivity index (χ1) is 4.47. The van der Waals surface area contributed by atoms with Gasteiger partial charge in [0.1, 0.15) is 0 Å². The molecule has 1 heterocycles. The van der Waals surface area contributed by atoms with Crippen LogP contribution in [-0.2, 0) is 0 Å². The van der Waals surface area contributed by atoms with Crippen LogP contribution in [0.3, 0.4) is 0 Å². The van der Waals surface area contributed by atoms with Gasteiger partial charge in [0.2, 0.25) is 0 Å². The molecular weight excluding hydrogens is 183 g/mol. The molecule has 1 N–H and O–H groups in total. The maximum Gasteiger partial charge on any atom is 0.0923 e. The smallest absolute Gasteiger partial charge is 0.0923 e.